The third-order valence-corrected chi connectivity index (χ3v) is 7.79. The van der Waals surface area contributed by atoms with Gasteiger partial charge in [0.15, 0.2) is 5.82 Å². The zero-order chi connectivity index (χ0) is 29.9. The number of nitrogens with one attached hydrogen (secondary N) is 1. The standard InChI is InChI=1S/C30H36FN5O4S/c1-19(2)14-20-8-11-25(41(37,38)35-26-17-27(39-6)34-29(33-26)40-7)23(15-20)21-9-10-22(24(31)16-21)18-36-13-12-32-28(36)30(3,4)5/h8-13,15-17,19H,14,18H2,1-7H3,(H,33,34,35). The van der Waals surface area contributed by atoms with Gasteiger partial charge in [-0.15, -0.1) is 0 Å². The van der Waals surface area contributed by atoms with Crippen LogP contribution in [0.3, 0.4) is 0 Å². The second-order valence-electron chi connectivity index (χ2n) is 11.3. The Kier molecular flexibility index (Phi) is 8.67. The van der Waals surface area contributed by atoms with E-state index in [0.717, 1.165) is 17.8 Å². The number of benzene rings is 2. The van der Waals surface area contributed by atoms with Crippen molar-refractivity contribution in [3.05, 3.63) is 77.6 Å². The SMILES string of the molecule is COc1cc(NS(=O)(=O)c2ccc(CC(C)C)cc2-c2ccc(Cn3ccnc3C(C)(C)C)c(F)c2)nc(OC)n1. The van der Waals surface area contributed by atoms with Crippen LogP contribution in [0.15, 0.2) is 59.8 Å². The first-order valence-corrected chi connectivity index (χ1v) is 14.7. The van der Waals surface area contributed by atoms with Gasteiger partial charge >= 0.3 is 6.01 Å². The molecule has 0 bridgehead atoms. The van der Waals surface area contributed by atoms with Gasteiger partial charge in [-0.1, -0.05) is 52.8 Å². The molecule has 11 heteroatoms. The van der Waals surface area contributed by atoms with Gasteiger partial charge in [-0.05, 0) is 41.7 Å². The predicted octanol–water partition coefficient (Wildman–Crippen LogP) is 5.84. The maximum absolute atomic E-state index is 15.6. The summed E-state index contributed by atoms with van der Waals surface area (Å²) in [5, 5.41) is 0. The van der Waals surface area contributed by atoms with Crippen molar-refractivity contribution >= 4 is 15.8 Å². The van der Waals surface area contributed by atoms with Crippen molar-refractivity contribution in [2.45, 2.75) is 57.9 Å². The number of hydrogen-bond acceptors (Lipinski definition) is 7. The van der Waals surface area contributed by atoms with Crippen LogP contribution in [0.25, 0.3) is 11.1 Å². The zero-order valence-electron chi connectivity index (χ0n) is 24.4. The molecule has 0 aliphatic carbocycles. The van der Waals surface area contributed by atoms with Crippen molar-refractivity contribution in [1.29, 1.82) is 0 Å². The largest absolute Gasteiger partial charge is 0.481 e. The summed E-state index contributed by atoms with van der Waals surface area (Å²) in [6.45, 7) is 10.6. The van der Waals surface area contributed by atoms with Crippen molar-refractivity contribution in [1.82, 2.24) is 19.5 Å². The summed E-state index contributed by atoms with van der Waals surface area (Å²) in [5.74, 6) is 0.858. The maximum atomic E-state index is 15.6. The lowest BCUT2D eigenvalue weighted by molar-refractivity contribution is 0.353. The lowest BCUT2D eigenvalue weighted by Crippen LogP contribution is -2.19. The quantitative estimate of drug-likeness (QED) is 0.251. The monoisotopic (exact) mass is 581 g/mol. The molecular weight excluding hydrogens is 545 g/mol. The Hall–Kier alpha value is -3.99. The molecule has 9 nitrogen and oxygen atoms in total. The first-order chi connectivity index (χ1) is 19.3. The molecule has 2 aromatic heterocycles. The first kappa shape index (κ1) is 30.0. The van der Waals surface area contributed by atoms with Gasteiger partial charge in [-0.25, -0.2) is 17.8 Å². The van der Waals surface area contributed by atoms with Gasteiger partial charge in [0.25, 0.3) is 10.0 Å². The normalized spacial score (nSPS) is 12.0. The minimum Gasteiger partial charge on any atom is -0.481 e. The molecule has 2 aromatic carbocycles. The Morgan fingerprint density at radius 1 is 1.02 bits per heavy atom. The summed E-state index contributed by atoms with van der Waals surface area (Å²) in [7, 11) is -1.39. The molecule has 4 rings (SSSR count). The Morgan fingerprint density at radius 3 is 2.41 bits per heavy atom. The van der Waals surface area contributed by atoms with E-state index < -0.39 is 15.8 Å². The van der Waals surface area contributed by atoms with Crippen molar-refractivity contribution < 1.29 is 22.3 Å². The molecule has 0 unspecified atom stereocenters. The van der Waals surface area contributed by atoms with Gasteiger partial charge in [-0.3, -0.25) is 4.72 Å². The highest BCUT2D eigenvalue weighted by Gasteiger charge is 2.24. The number of ether oxygens (including phenoxy) is 2. The number of rotatable bonds is 10. The predicted molar refractivity (Wildman–Crippen MR) is 156 cm³/mol. The first-order valence-electron chi connectivity index (χ1n) is 13.2. The number of hydrogen-bond donors (Lipinski definition) is 1. The summed E-state index contributed by atoms with van der Waals surface area (Å²) in [5.41, 5.74) is 2.03. The van der Waals surface area contributed by atoms with E-state index in [4.69, 9.17) is 9.47 Å². The summed E-state index contributed by atoms with van der Waals surface area (Å²) in [4.78, 5) is 12.5. The van der Waals surface area contributed by atoms with Crippen LogP contribution in [0.1, 0.15) is 51.6 Å². The molecule has 1 N–H and O–H groups in total. The fourth-order valence-electron chi connectivity index (χ4n) is 4.59. The molecule has 0 amide bonds. The third-order valence-electron chi connectivity index (χ3n) is 6.38. The van der Waals surface area contributed by atoms with Crippen molar-refractivity contribution in [2.24, 2.45) is 5.92 Å². The number of sulfonamides is 1. The van der Waals surface area contributed by atoms with Crippen LogP contribution >= 0.6 is 0 Å². The van der Waals surface area contributed by atoms with Gasteiger partial charge in [0.05, 0.1) is 25.7 Å². The van der Waals surface area contributed by atoms with Crippen molar-refractivity contribution in [2.75, 3.05) is 18.9 Å². The molecular formula is C30H36FN5O4S. The maximum Gasteiger partial charge on any atom is 0.321 e. The van der Waals surface area contributed by atoms with Crippen LogP contribution in [0.4, 0.5) is 10.2 Å². The topological polar surface area (TPSA) is 108 Å². The minimum atomic E-state index is -4.16. The zero-order valence-corrected chi connectivity index (χ0v) is 25.2. The molecule has 41 heavy (non-hydrogen) atoms. The average molecular weight is 582 g/mol. The van der Waals surface area contributed by atoms with E-state index in [1.54, 1.807) is 30.5 Å². The van der Waals surface area contributed by atoms with Gasteiger partial charge in [0.2, 0.25) is 5.88 Å². The fraction of sp³-hybridized carbons (Fsp3) is 0.367. The van der Waals surface area contributed by atoms with Crippen LogP contribution < -0.4 is 14.2 Å². The third kappa shape index (κ3) is 7.02. The smallest absolute Gasteiger partial charge is 0.321 e. The molecule has 0 saturated carbocycles. The van der Waals surface area contributed by atoms with Gasteiger partial charge < -0.3 is 14.0 Å². The van der Waals surface area contributed by atoms with E-state index in [-0.39, 0.29) is 28.0 Å². The lowest BCUT2D eigenvalue weighted by atomic mass is 9.95. The highest BCUT2D eigenvalue weighted by Crippen LogP contribution is 2.33. The van der Waals surface area contributed by atoms with E-state index >= 15 is 4.39 Å². The lowest BCUT2D eigenvalue weighted by Gasteiger charge is -2.20. The van der Waals surface area contributed by atoms with E-state index in [2.05, 4.69) is 54.3 Å². The molecule has 0 saturated heterocycles. The number of anilines is 1. The Balaban J connectivity index is 1.75. The number of aromatic nitrogens is 4. The molecule has 0 fully saturated rings. The van der Waals surface area contributed by atoms with E-state index in [1.807, 2.05) is 10.8 Å². The number of halogens is 1. The summed E-state index contributed by atoms with van der Waals surface area (Å²) >= 11 is 0. The van der Waals surface area contributed by atoms with Crippen LogP contribution in [-0.4, -0.2) is 42.2 Å². The minimum absolute atomic E-state index is 0.0154. The molecule has 4 aromatic rings. The summed E-state index contributed by atoms with van der Waals surface area (Å²) in [6, 6.07) is 11.2. The van der Waals surface area contributed by atoms with Crippen LogP contribution in [0, 0.1) is 11.7 Å². The molecule has 0 aliphatic heterocycles. The van der Waals surface area contributed by atoms with Gasteiger partial charge in [-0.2, -0.15) is 9.97 Å². The Labute approximate surface area is 240 Å². The molecule has 218 valence electrons. The molecule has 0 radical (unpaired) electrons. The number of imidazole rings is 1. The second-order valence-corrected chi connectivity index (χ2v) is 12.9. The second kappa shape index (κ2) is 11.9. The van der Waals surface area contributed by atoms with Gasteiger partial charge in [0.1, 0.15) is 11.6 Å². The van der Waals surface area contributed by atoms with Crippen molar-refractivity contribution in [3.8, 4) is 23.0 Å². The van der Waals surface area contributed by atoms with E-state index in [1.165, 1.54) is 32.4 Å². The molecule has 2 heterocycles. The van der Waals surface area contributed by atoms with Crippen LogP contribution in [0.2, 0.25) is 0 Å². The van der Waals surface area contributed by atoms with Crippen LogP contribution in [0.5, 0.6) is 11.9 Å². The van der Waals surface area contributed by atoms with Crippen LogP contribution in [-0.2, 0) is 28.4 Å². The highest BCUT2D eigenvalue weighted by molar-refractivity contribution is 7.92. The summed E-state index contributed by atoms with van der Waals surface area (Å²) in [6.07, 6.45) is 4.27. The molecule has 0 atom stereocenters. The Bertz CT molecular complexity index is 1620. The molecule has 0 spiro atoms. The number of methoxy groups -OCH3 is 2. The molecule has 0 aliphatic rings. The van der Waals surface area contributed by atoms with E-state index in [0.29, 0.717) is 29.2 Å². The fourth-order valence-corrected chi connectivity index (χ4v) is 5.79. The van der Waals surface area contributed by atoms with Crippen molar-refractivity contribution in [3.63, 3.8) is 0 Å². The highest BCUT2D eigenvalue weighted by atomic mass is 32.2. The average Bonchev–Trinajstić information content (AvgIpc) is 3.38. The Morgan fingerprint density at radius 2 is 1.78 bits per heavy atom. The van der Waals surface area contributed by atoms with E-state index in [9.17, 15) is 8.42 Å². The van der Waals surface area contributed by atoms with Gasteiger partial charge in [0, 0.05) is 35.0 Å². The number of nitrogens with zero attached hydrogens (tertiary/aromatic N) is 4. The summed E-state index contributed by atoms with van der Waals surface area (Å²) < 4.78 is 57.5.